The van der Waals surface area contributed by atoms with Crippen molar-refractivity contribution in [1.82, 2.24) is 0 Å². The summed E-state index contributed by atoms with van der Waals surface area (Å²) in [7, 11) is 0. The molecular weight excluding hydrogens is 309 g/mol. The molecule has 2 unspecified atom stereocenters. The van der Waals surface area contributed by atoms with Crippen LogP contribution >= 0.6 is 15.9 Å². The summed E-state index contributed by atoms with van der Waals surface area (Å²) >= 11 is 3.19. The SMILES string of the molecule is CCCC(C)C(O)c1cc(C(F)(F)F)ccc1Br. The molecule has 1 N–H and O–H groups in total. The molecule has 0 bridgehead atoms. The average Bonchev–Trinajstić information content (AvgIpc) is 2.27. The van der Waals surface area contributed by atoms with E-state index in [4.69, 9.17) is 0 Å². The normalized spacial score (nSPS) is 15.5. The molecule has 102 valence electrons. The molecule has 2 atom stereocenters. The fraction of sp³-hybridized carbons (Fsp3) is 0.538. The molecule has 0 heterocycles. The van der Waals surface area contributed by atoms with Gasteiger partial charge in [-0.1, -0.05) is 36.2 Å². The second-order valence-corrected chi connectivity index (χ2v) is 5.30. The van der Waals surface area contributed by atoms with E-state index in [0.29, 0.717) is 10.0 Å². The predicted octanol–water partition coefficient (Wildman–Crippen LogP) is 4.94. The summed E-state index contributed by atoms with van der Waals surface area (Å²) in [6.07, 6.45) is -3.62. The van der Waals surface area contributed by atoms with Crippen LogP contribution in [0.4, 0.5) is 13.2 Å². The van der Waals surface area contributed by atoms with Crippen molar-refractivity contribution in [3.05, 3.63) is 33.8 Å². The Balaban J connectivity index is 3.08. The van der Waals surface area contributed by atoms with Crippen LogP contribution in [0.25, 0.3) is 0 Å². The molecule has 0 saturated heterocycles. The van der Waals surface area contributed by atoms with E-state index in [-0.39, 0.29) is 5.92 Å². The highest BCUT2D eigenvalue weighted by Crippen LogP contribution is 2.36. The summed E-state index contributed by atoms with van der Waals surface area (Å²) in [4.78, 5) is 0. The van der Waals surface area contributed by atoms with Gasteiger partial charge in [-0.25, -0.2) is 0 Å². The lowest BCUT2D eigenvalue weighted by Crippen LogP contribution is -2.12. The molecular formula is C13H16BrF3O. The molecule has 0 radical (unpaired) electrons. The lowest BCUT2D eigenvalue weighted by atomic mass is 9.92. The molecule has 0 saturated carbocycles. The molecule has 5 heteroatoms. The summed E-state index contributed by atoms with van der Waals surface area (Å²) in [5.74, 6) is -0.0743. The van der Waals surface area contributed by atoms with Crippen LogP contribution in [0.5, 0.6) is 0 Å². The lowest BCUT2D eigenvalue weighted by molar-refractivity contribution is -0.137. The molecule has 18 heavy (non-hydrogen) atoms. The zero-order valence-electron chi connectivity index (χ0n) is 10.3. The van der Waals surface area contributed by atoms with E-state index in [1.165, 1.54) is 6.07 Å². The molecule has 0 aliphatic rings. The molecule has 1 nitrogen and oxygen atoms in total. The van der Waals surface area contributed by atoms with Crippen molar-refractivity contribution in [3.8, 4) is 0 Å². The van der Waals surface area contributed by atoms with Crippen molar-refractivity contribution < 1.29 is 18.3 Å². The van der Waals surface area contributed by atoms with E-state index in [1.54, 1.807) is 0 Å². The van der Waals surface area contributed by atoms with Crippen LogP contribution in [-0.2, 0) is 6.18 Å². The molecule has 0 aliphatic heterocycles. The summed E-state index contributed by atoms with van der Waals surface area (Å²) in [5, 5.41) is 10.1. The van der Waals surface area contributed by atoms with Crippen LogP contribution in [-0.4, -0.2) is 5.11 Å². The third kappa shape index (κ3) is 3.72. The monoisotopic (exact) mass is 324 g/mol. The summed E-state index contributed by atoms with van der Waals surface area (Å²) in [6.45, 7) is 3.81. The first kappa shape index (κ1) is 15.5. The molecule has 0 aliphatic carbocycles. The van der Waals surface area contributed by atoms with Gasteiger partial charge in [-0.05, 0) is 36.1 Å². The molecule has 0 aromatic heterocycles. The van der Waals surface area contributed by atoms with Crippen molar-refractivity contribution in [2.45, 2.75) is 39.0 Å². The third-order valence-electron chi connectivity index (χ3n) is 2.92. The van der Waals surface area contributed by atoms with Gasteiger partial charge in [0, 0.05) is 4.47 Å². The smallest absolute Gasteiger partial charge is 0.388 e. The summed E-state index contributed by atoms with van der Waals surface area (Å²) in [5.41, 5.74) is -0.436. The quantitative estimate of drug-likeness (QED) is 0.831. The van der Waals surface area contributed by atoms with Gasteiger partial charge in [0.2, 0.25) is 0 Å². The molecule has 1 aromatic carbocycles. The Morgan fingerprint density at radius 1 is 1.33 bits per heavy atom. The van der Waals surface area contributed by atoms with Gasteiger partial charge in [0.05, 0.1) is 11.7 Å². The number of aliphatic hydroxyl groups excluding tert-OH is 1. The minimum atomic E-state index is -4.39. The fourth-order valence-corrected chi connectivity index (χ4v) is 2.35. The lowest BCUT2D eigenvalue weighted by Gasteiger charge is -2.21. The van der Waals surface area contributed by atoms with E-state index in [0.717, 1.165) is 25.0 Å². The van der Waals surface area contributed by atoms with Crippen LogP contribution in [0.2, 0.25) is 0 Å². The highest BCUT2D eigenvalue weighted by atomic mass is 79.9. The van der Waals surface area contributed by atoms with Gasteiger partial charge in [-0.2, -0.15) is 13.2 Å². The zero-order valence-corrected chi connectivity index (χ0v) is 11.8. The van der Waals surface area contributed by atoms with Crippen molar-refractivity contribution in [1.29, 1.82) is 0 Å². The topological polar surface area (TPSA) is 20.2 Å². The number of benzene rings is 1. The predicted molar refractivity (Wildman–Crippen MR) is 68.2 cm³/mol. The minimum Gasteiger partial charge on any atom is -0.388 e. The minimum absolute atomic E-state index is 0.0743. The summed E-state index contributed by atoms with van der Waals surface area (Å²) < 4.78 is 38.4. The Morgan fingerprint density at radius 2 is 1.94 bits per heavy atom. The average molecular weight is 325 g/mol. The zero-order chi connectivity index (χ0) is 13.9. The first-order valence-corrected chi connectivity index (χ1v) is 6.61. The Kier molecular flexibility index (Phi) is 5.22. The molecule has 1 rings (SSSR count). The highest BCUT2D eigenvalue weighted by molar-refractivity contribution is 9.10. The van der Waals surface area contributed by atoms with E-state index >= 15 is 0 Å². The van der Waals surface area contributed by atoms with Crippen LogP contribution < -0.4 is 0 Å². The van der Waals surface area contributed by atoms with Crippen molar-refractivity contribution >= 4 is 15.9 Å². The maximum Gasteiger partial charge on any atom is 0.416 e. The standard InChI is InChI=1S/C13H16BrF3O/c1-3-4-8(2)12(18)10-7-9(13(15,16)17)5-6-11(10)14/h5-8,12,18H,3-4H2,1-2H3. The first-order chi connectivity index (χ1) is 8.27. The first-order valence-electron chi connectivity index (χ1n) is 5.82. The second kappa shape index (κ2) is 6.06. The number of aliphatic hydroxyl groups is 1. The molecule has 0 amide bonds. The number of hydrogen-bond acceptors (Lipinski definition) is 1. The maximum absolute atomic E-state index is 12.6. The highest BCUT2D eigenvalue weighted by Gasteiger charge is 2.32. The maximum atomic E-state index is 12.6. The van der Waals surface area contributed by atoms with Gasteiger partial charge in [0.15, 0.2) is 0 Å². The van der Waals surface area contributed by atoms with Gasteiger partial charge >= 0.3 is 6.18 Å². The van der Waals surface area contributed by atoms with E-state index in [2.05, 4.69) is 15.9 Å². The van der Waals surface area contributed by atoms with Gasteiger partial charge in [0.1, 0.15) is 0 Å². The fourth-order valence-electron chi connectivity index (χ4n) is 1.87. The van der Waals surface area contributed by atoms with Crippen molar-refractivity contribution in [2.24, 2.45) is 5.92 Å². The van der Waals surface area contributed by atoms with Crippen molar-refractivity contribution in [3.63, 3.8) is 0 Å². The van der Waals surface area contributed by atoms with E-state index in [9.17, 15) is 18.3 Å². The van der Waals surface area contributed by atoms with E-state index in [1.807, 2.05) is 13.8 Å². The van der Waals surface area contributed by atoms with Crippen LogP contribution in [0.3, 0.4) is 0 Å². The van der Waals surface area contributed by atoms with Crippen LogP contribution in [0.1, 0.15) is 43.9 Å². The Bertz CT molecular complexity index is 404. The van der Waals surface area contributed by atoms with Crippen LogP contribution in [0, 0.1) is 5.92 Å². The summed E-state index contributed by atoms with van der Waals surface area (Å²) in [6, 6.07) is 3.35. The number of rotatable bonds is 4. The molecule has 0 spiro atoms. The Hall–Kier alpha value is -0.550. The van der Waals surface area contributed by atoms with Crippen molar-refractivity contribution in [2.75, 3.05) is 0 Å². The molecule has 1 aromatic rings. The number of halogens is 4. The Morgan fingerprint density at radius 3 is 2.44 bits per heavy atom. The number of hydrogen-bond donors (Lipinski definition) is 1. The molecule has 0 fully saturated rings. The number of alkyl halides is 3. The van der Waals surface area contributed by atoms with E-state index < -0.39 is 17.8 Å². The largest absolute Gasteiger partial charge is 0.416 e. The third-order valence-corrected chi connectivity index (χ3v) is 3.65. The van der Waals surface area contributed by atoms with Crippen LogP contribution in [0.15, 0.2) is 22.7 Å². The Labute approximate surface area is 113 Å². The van der Waals surface area contributed by atoms with Gasteiger partial charge in [-0.15, -0.1) is 0 Å². The van der Waals surface area contributed by atoms with Gasteiger partial charge in [0.25, 0.3) is 0 Å². The van der Waals surface area contributed by atoms with Gasteiger partial charge < -0.3 is 5.11 Å². The second-order valence-electron chi connectivity index (χ2n) is 4.44. The van der Waals surface area contributed by atoms with Gasteiger partial charge in [-0.3, -0.25) is 0 Å².